The van der Waals surface area contributed by atoms with Gasteiger partial charge >= 0.3 is 5.97 Å². The maximum atomic E-state index is 11.2. The quantitative estimate of drug-likeness (QED) is 0.933. The van der Waals surface area contributed by atoms with Crippen LogP contribution < -0.4 is 4.74 Å². The number of aryl methyl sites for hydroxylation is 3. The van der Waals surface area contributed by atoms with Crippen molar-refractivity contribution in [1.29, 1.82) is 0 Å². The van der Waals surface area contributed by atoms with Crippen molar-refractivity contribution in [3.63, 3.8) is 0 Å². The average molecular weight is 339 g/mol. The molecule has 1 aromatic carbocycles. The normalized spacial score (nSPS) is 10.7. The summed E-state index contributed by atoms with van der Waals surface area (Å²) in [6.45, 7) is 3.94. The lowest BCUT2D eigenvalue weighted by atomic mass is 10.0. The highest BCUT2D eigenvalue weighted by Gasteiger charge is 2.23. The van der Waals surface area contributed by atoms with Crippen molar-refractivity contribution >= 4 is 21.9 Å². The van der Waals surface area contributed by atoms with Crippen molar-refractivity contribution in [2.75, 3.05) is 7.11 Å². The third-order valence-electron chi connectivity index (χ3n) is 3.07. The highest BCUT2D eigenvalue weighted by Crippen LogP contribution is 2.38. The van der Waals surface area contributed by atoms with E-state index in [4.69, 9.17) is 9.84 Å². The van der Waals surface area contributed by atoms with Gasteiger partial charge in [-0.15, -0.1) is 0 Å². The van der Waals surface area contributed by atoms with Crippen LogP contribution in [0.15, 0.2) is 16.6 Å². The summed E-state index contributed by atoms with van der Waals surface area (Å²) in [6, 6.07) is 3.98. The first-order valence-electron chi connectivity index (χ1n) is 5.98. The average Bonchev–Trinajstić information content (AvgIpc) is 2.64. The van der Waals surface area contributed by atoms with Crippen LogP contribution >= 0.6 is 15.9 Å². The van der Waals surface area contributed by atoms with Crippen molar-refractivity contribution in [3.05, 3.63) is 33.4 Å². The fraction of sp³-hybridized carbons (Fsp3) is 0.286. The summed E-state index contributed by atoms with van der Waals surface area (Å²) in [6.07, 6.45) is 0. The number of carboxylic acid groups (broad SMARTS) is 1. The number of aromatic carboxylic acids is 1. The molecule has 2 rings (SSSR count). The minimum Gasteiger partial charge on any atom is -0.496 e. The molecule has 0 spiro atoms. The molecule has 5 nitrogen and oxygen atoms in total. The topological polar surface area (TPSA) is 64.3 Å². The molecule has 0 saturated heterocycles. The summed E-state index contributed by atoms with van der Waals surface area (Å²) in [7, 11) is 3.31. The van der Waals surface area contributed by atoms with Crippen LogP contribution in [-0.4, -0.2) is 28.0 Å². The van der Waals surface area contributed by atoms with Gasteiger partial charge in [0.15, 0.2) is 5.69 Å². The monoisotopic (exact) mass is 338 g/mol. The zero-order valence-electron chi connectivity index (χ0n) is 11.7. The summed E-state index contributed by atoms with van der Waals surface area (Å²) in [4.78, 5) is 11.2. The smallest absolute Gasteiger partial charge is 0.357 e. The zero-order valence-corrected chi connectivity index (χ0v) is 13.3. The molecule has 0 radical (unpaired) electrons. The van der Waals surface area contributed by atoms with Gasteiger partial charge in [-0.1, -0.05) is 6.07 Å². The van der Waals surface area contributed by atoms with Crippen molar-refractivity contribution in [2.24, 2.45) is 7.05 Å². The van der Waals surface area contributed by atoms with E-state index in [9.17, 15) is 4.79 Å². The number of nitrogens with zero attached hydrogens (tertiary/aromatic N) is 2. The van der Waals surface area contributed by atoms with Crippen LogP contribution in [0.2, 0.25) is 0 Å². The minimum absolute atomic E-state index is 0.0105. The predicted octanol–water partition coefficient (Wildman–Crippen LogP) is 3.17. The lowest BCUT2D eigenvalue weighted by molar-refractivity contribution is 0.0688. The number of hydrogen-bond acceptors (Lipinski definition) is 3. The molecule has 6 heteroatoms. The fourth-order valence-corrected chi connectivity index (χ4v) is 3.05. The summed E-state index contributed by atoms with van der Waals surface area (Å²) < 4.78 is 7.46. The Morgan fingerprint density at radius 3 is 2.55 bits per heavy atom. The molecule has 0 amide bonds. The Morgan fingerprint density at radius 2 is 2.05 bits per heavy atom. The number of carboxylic acids is 1. The molecule has 0 atom stereocenters. The van der Waals surface area contributed by atoms with Gasteiger partial charge in [0.05, 0.1) is 17.3 Å². The summed E-state index contributed by atoms with van der Waals surface area (Å²) in [5, 5.41) is 13.2. The van der Waals surface area contributed by atoms with Crippen LogP contribution in [-0.2, 0) is 7.05 Å². The number of aromatic nitrogens is 2. The molecule has 0 aliphatic rings. The van der Waals surface area contributed by atoms with E-state index in [1.165, 1.54) is 0 Å². The van der Waals surface area contributed by atoms with E-state index in [1.807, 2.05) is 26.0 Å². The van der Waals surface area contributed by atoms with Gasteiger partial charge in [-0.05, 0) is 47.0 Å². The third kappa shape index (κ3) is 2.31. The van der Waals surface area contributed by atoms with Crippen LogP contribution in [0.4, 0.5) is 0 Å². The predicted molar refractivity (Wildman–Crippen MR) is 79.3 cm³/mol. The van der Waals surface area contributed by atoms with E-state index in [1.54, 1.807) is 18.8 Å². The van der Waals surface area contributed by atoms with E-state index in [2.05, 4.69) is 21.0 Å². The molecule has 1 aromatic heterocycles. The van der Waals surface area contributed by atoms with Crippen LogP contribution in [0.3, 0.4) is 0 Å². The SMILES string of the molecule is COc1c(C)cc(C)cc1-c1c(Br)c(C(=O)O)nn1C. The molecule has 0 aliphatic heterocycles. The molecule has 0 fully saturated rings. The number of carbonyl (C=O) groups is 1. The molecule has 0 bridgehead atoms. The number of halogens is 1. The van der Waals surface area contributed by atoms with Crippen LogP contribution in [0.5, 0.6) is 5.75 Å². The summed E-state index contributed by atoms with van der Waals surface area (Å²) in [5.41, 5.74) is 3.56. The van der Waals surface area contributed by atoms with Gasteiger partial charge in [0.1, 0.15) is 5.75 Å². The van der Waals surface area contributed by atoms with Gasteiger partial charge in [0.2, 0.25) is 0 Å². The molecule has 20 heavy (non-hydrogen) atoms. The highest BCUT2D eigenvalue weighted by atomic mass is 79.9. The van der Waals surface area contributed by atoms with Crippen LogP contribution in [0.25, 0.3) is 11.3 Å². The number of ether oxygens (including phenoxy) is 1. The second-order valence-electron chi connectivity index (χ2n) is 4.60. The fourth-order valence-electron chi connectivity index (χ4n) is 2.33. The molecular formula is C14H15BrN2O3. The minimum atomic E-state index is -1.07. The maximum absolute atomic E-state index is 11.2. The Kier molecular flexibility index (Phi) is 3.85. The first-order valence-corrected chi connectivity index (χ1v) is 6.77. The van der Waals surface area contributed by atoms with Gasteiger partial charge in [-0.25, -0.2) is 4.79 Å². The second kappa shape index (κ2) is 5.28. The zero-order chi connectivity index (χ0) is 15.0. The number of hydrogen-bond donors (Lipinski definition) is 1. The van der Waals surface area contributed by atoms with Gasteiger partial charge in [0.25, 0.3) is 0 Å². The first kappa shape index (κ1) is 14.6. The number of methoxy groups -OCH3 is 1. The van der Waals surface area contributed by atoms with E-state index >= 15 is 0 Å². The molecule has 0 unspecified atom stereocenters. The first-order chi connectivity index (χ1) is 9.36. The number of rotatable bonds is 3. The molecule has 2 aromatic rings. The number of benzene rings is 1. The van der Waals surface area contributed by atoms with Crippen molar-refractivity contribution in [2.45, 2.75) is 13.8 Å². The van der Waals surface area contributed by atoms with Crippen LogP contribution in [0.1, 0.15) is 21.6 Å². The Hall–Kier alpha value is -1.82. The van der Waals surface area contributed by atoms with Crippen molar-refractivity contribution in [1.82, 2.24) is 9.78 Å². The standard InChI is InChI=1S/C14H15BrN2O3/c1-7-5-8(2)13(20-4)9(6-7)12-10(15)11(14(18)19)16-17(12)3/h5-6H,1-4H3,(H,18,19). The molecule has 0 aliphatic carbocycles. The van der Waals surface area contributed by atoms with E-state index in [-0.39, 0.29) is 5.69 Å². The van der Waals surface area contributed by atoms with E-state index < -0.39 is 5.97 Å². The van der Waals surface area contributed by atoms with E-state index in [0.29, 0.717) is 10.2 Å². The maximum Gasteiger partial charge on any atom is 0.357 e. The van der Waals surface area contributed by atoms with Gasteiger partial charge in [0, 0.05) is 12.6 Å². The summed E-state index contributed by atoms with van der Waals surface area (Å²) >= 11 is 3.33. The lowest BCUT2D eigenvalue weighted by Gasteiger charge is -2.13. The van der Waals surface area contributed by atoms with Gasteiger partial charge in [-0.3, -0.25) is 4.68 Å². The Balaban J connectivity index is 2.78. The molecule has 1 heterocycles. The van der Waals surface area contributed by atoms with Crippen molar-refractivity contribution < 1.29 is 14.6 Å². The van der Waals surface area contributed by atoms with Gasteiger partial charge < -0.3 is 9.84 Å². The van der Waals surface area contributed by atoms with Crippen LogP contribution in [0, 0.1) is 13.8 Å². The van der Waals surface area contributed by atoms with Crippen molar-refractivity contribution in [3.8, 4) is 17.0 Å². The largest absolute Gasteiger partial charge is 0.496 e. The Labute approximate surface area is 125 Å². The molecule has 106 valence electrons. The van der Waals surface area contributed by atoms with Gasteiger partial charge in [-0.2, -0.15) is 5.10 Å². The summed E-state index contributed by atoms with van der Waals surface area (Å²) in [5.74, 6) is -0.349. The third-order valence-corrected chi connectivity index (χ3v) is 3.82. The molecule has 0 saturated carbocycles. The Bertz CT molecular complexity index is 692. The highest BCUT2D eigenvalue weighted by molar-refractivity contribution is 9.10. The molecular weight excluding hydrogens is 324 g/mol. The molecule has 1 N–H and O–H groups in total. The Morgan fingerprint density at radius 1 is 1.40 bits per heavy atom. The van der Waals surface area contributed by atoms with E-state index in [0.717, 1.165) is 22.4 Å². The second-order valence-corrected chi connectivity index (χ2v) is 5.40. The lowest BCUT2D eigenvalue weighted by Crippen LogP contribution is -2.00.